The van der Waals surface area contributed by atoms with Crippen LogP contribution in [-0.2, 0) is 47.8 Å². The van der Waals surface area contributed by atoms with Crippen LogP contribution in [0.1, 0.15) is 139 Å². The first kappa shape index (κ1) is 47.7. The molecule has 53 heavy (non-hydrogen) atoms. The first-order chi connectivity index (χ1) is 24.9. The fourth-order valence-electron chi connectivity index (χ4n) is 5.61. The summed E-state index contributed by atoms with van der Waals surface area (Å²) in [6.07, 6.45) is 6.01. The van der Waals surface area contributed by atoms with E-state index in [-0.39, 0.29) is 12.3 Å². The molecule has 7 atom stereocenters. The molecule has 0 aromatic heterocycles. The van der Waals surface area contributed by atoms with Crippen molar-refractivity contribution in [3.63, 3.8) is 0 Å². The van der Waals surface area contributed by atoms with Crippen LogP contribution in [0.5, 0.6) is 0 Å². The molecule has 304 valence electrons. The molecule has 14 nitrogen and oxygen atoms in total. The molecule has 0 aliphatic carbocycles. The Hall–Kier alpha value is -3.36. The highest BCUT2D eigenvalue weighted by atomic mass is 32.1. The topological polar surface area (TPSA) is 195 Å². The quantitative estimate of drug-likeness (QED) is 0.0469. The number of rotatable bonds is 17. The Bertz CT molecular complexity index is 1210. The second kappa shape index (κ2) is 24.9. The number of ether oxygens (including phenoxy) is 3. The maximum absolute atomic E-state index is 13.6. The van der Waals surface area contributed by atoms with Gasteiger partial charge in [-0.3, -0.25) is 19.2 Å². The Morgan fingerprint density at radius 3 is 1.60 bits per heavy atom. The predicted molar refractivity (Wildman–Crippen MR) is 203 cm³/mol. The molecule has 1 aliphatic rings. The molecule has 7 unspecified atom stereocenters. The van der Waals surface area contributed by atoms with Gasteiger partial charge in [0.15, 0.2) is 18.3 Å². The van der Waals surface area contributed by atoms with E-state index in [0.29, 0.717) is 19.3 Å². The van der Waals surface area contributed by atoms with Gasteiger partial charge < -0.3 is 35.5 Å². The molecule has 4 amide bonds. The third kappa shape index (κ3) is 18.0. The second-order valence-electron chi connectivity index (χ2n) is 15.0. The van der Waals surface area contributed by atoms with Crippen molar-refractivity contribution < 1.29 is 47.8 Å². The maximum Gasteiger partial charge on any atom is 0.329 e. The number of cyclic esters (lactones) is 3. The molecule has 1 aliphatic heterocycles. The van der Waals surface area contributed by atoms with Crippen molar-refractivity contribution in [3.8, 4) is 0 Å². The molecule has 0 aromatic rings. The van der Waals surface area contributed by atoms with Crippen LogP contribution < -0.4 is 21.3 Å². The molecule has 1 fully saturated rings. The average molecular weight is 771 g/mol. The summed E-state index contributed by atoms with van der Waals surface area (Å²) in [4.78, 5) is 92.2. The van der Waals surface area contributed by atoms with Crippen molar-refractivity contribution in [2.75, 3.05) is 0 Å². The van der Waals surface area contributed by atoms with Crippen molar-refractivity contribution in [2.24, 2.45) is 17.8 Å². The zero-order chi connectivity index (χ0) is 40.2. The molecule has 0 spiro atoms. The van der Waals surface area contributed by atoms with E-state index in [9.17, 15) is 33.6 Å². The van der Waals surface area contributed by atoms with Crippen LogP contribution in [0.3, 0.4) is 0 Å². The number of nitrogens with one attached hydrogen (secondary N) is 4. The lowest BCUT2D eigenvalue weighted by atomic mass is 10.0. The highest BCUT2D eigenvalue weighted by Gasteiger charge is 2.37. The van der Waals surface area contributed by atoms with Gasteiger partial charge in [0.1, 0.15) is 18.1 Å². The van der Waals surface area contributed by atoms with E-state index in [0.717, 1.165) is 19.3 Å². The standard InChI is InChI=1S/C38H66N4O10S/c1-10-11-12-13-14-15-16-17-20-28(43)40-29(53)21-18-19-27-36(47)52-32(24(6)7)35(46)42-31(23(4)5)38(49)51-26(9)34(45)41-30(22(2)3)37(48)50-25(8)33(44)39-27/h22-27,29-32,53H,10-21H2,1-9H3,(H,39,44)(H,40,43)(H,41,45)(H,42,46). The highest BCUT2D eigenvalue weighted by molar-refractivity contribution is 7.80. The molecule has 0 aromatic carbocycles. The van der Waals surface area contributed by atoms with Crippen molar-refractivity contribution in [1.29, 1.82) is 0 Å². The lowest BCUT2D eigenvalue weighted by Gasteiger charge is -2.29. The summed E-state index contributed by atoms with van der Waals surface area (Å²) in [5, 5.41) is 10.1. The van der Waals surface area contributed by atoms with E-state index in [4.69, 9.17) is 14.2 Å². The predicted octanol–water partition coefficient (Wildman–Crippen LogP) is 4.27. The van der Waals surface area contributed by atoms with Gasteiger partial charge >= 0.3 is 17.9 Å². The number of hydrogen-bond acceptors (Lipinski definition) is 11. The highest BCUT2D eigenvalue weighted by Crippen LogP contribution is 2.17. The van der Waals surface area contributed by atoms with Crippen LogP contribution in [0.25, 0.3) is 0 Å². The van der Waals surface area contributed by atoms with Crippen LogP contribution in [0, 0.1) is 17.8 Å². The van der Waals surface area contributed by atoms with Gasteiger partial charge in [-0.25, -0.2) is 14.4 Å². The summed E-state index contributed by atoms with van der Waals surface area (Å²) in [6, 6.07) is -3.65. The minimum atomic E-state index is -1.38. The summed E-state index contributed by atoms with van der Waals surface area (Å²) < 4.78 is 16.4. The van der Waals surface area contributed by atoms with Gasteiger partial charge in [-0.15, -0.1) is 0 Å². The van der Waals surface area contributed by atoms with Gasteiger partial charge in [-0.2, -0.15) is 12.6 Å². The number of thiol groups is 1. The fraction of sp³-hybridized carbons (Fsp3) is 0.816. The van der Waals surface area contributed by atoms with Crippen LogP contribution in [-0.4, -0.2) is 83.3 Å². The van der Waals surface area contributed by atoms with E-state index in [1.165, 1.54) is 46.0 Å². The van der Waals surface area contributed by atoms with E-state index in [2.05, 4.69) is 40.8 Å². The van der Waals surface area contributed by atoms with Crippen LogP contribution in [0.2, 0.25) is 0 Å². The summed E-state index contributed by atoms with van der Waals surface area (Å²) in [6.45, 7) is 14.8. The van der Waals surface area contributed by atoms with Crippen molar-refractivity contribution >= 4 is 54.2 Å². The minimum Gasteiger partial charge on any atom is -0.451 e. The largest absolute Gasteiger partial charge is 0.451 e. The minimum absolute atomic E-state index is 0.0478. The van der Waals surface area contributed by atoms with Gasteiger partial charge in [0, 0.05) is 6.42 Å². The first-order valence-corrected chi connectivity index (χ1v) is 19.9. The Morgan fingerprint density at radius 2 is 1.11 bits per heavy atom. The Labute approximate surface area is 321 Å². The molecule has 0 radical (unpaired) electrons. The molecular formula is C38H66N4O10S. The first-order valence-electron chi connectivity index (χ1n) is 19.4. The van der Waals surface area contributed by atoms with E-state index in [1.54, 1.807) is 41.5 Å². The molecular weight excluding hydrogens is 705 g/mol. The van der Waals surface area contributed by atoms with Crippen LogP contribution in [0.15, 0.2) is 0 Å². The van der Waals surface area contributed by atoms with Crippen molar-refractivity contribution in [3.05, 3.63) is 0 Å². The normalized spacial score (nSPS) is 24.7. The van der Waals surface area contributed by atoms with E-state index < -0.39 is 95.2 Å². The molecule has 1 heterocycles. The van der Waals surface area contributed by atoms with Crippen molar-refractivity contribution in [1.82, 2.24) is 21.3 Å². The van der Waals surface area contributed by atoms with Gasteiger partial charge in [0.05, 0.1) is 5.37 Å². The number of amides is 4. The number of esters is 3. The van der Waals surface area contributed by atoms with E-state index >= 15 is 0 Å². The Kier molecular flexibility index (Phi) is 22.4. The summed E-state index contributed by atoms with van der Waals surface area (Å²) in [7, 11) is 0. The number of carbonyl (C=O) groups is 7. The van der Waals surface area contributed by atoms with Gasteiger partial charge in [0.2, 0.25) is 5.91 Å². The SMILES string of the molecule is CCCCCCCCCCC(=O)NC(S)CCCC1NC(=O)C(C)OC(=O)C(C(C)C)NC(=O)C(C)OC(=O)C(C(C)C)NC(=O)C(C(C)C)OC1=O. The lowest BCUT2D eigenvalue weighted by Crippen LogP contribution is -2.55. The monoisotopic (exact) mass is 770 g/mol. The number of unbranched alkanes of at least 4 members (excludes halogenated alkanes) is 7. The molecule has 0 bridgehead atoms. The van der Waals surface area contributed by atoms with Crippen molar-refractivity contribution in [2.45, 2.75) is 181 Å². The summed E-state index contributed by atoms with van der Waals surface area (Å²) >= 11 is 4.50. The molecule has 1 rings (SSSR count). The maximum atomic E-state index is 13.6. The Morgan fingerprint density at radius 1 is 0.642 bits per heavy atom. The zero-order valence-electron chi connectivity index (χ0n) is 33.3. The Balaban J connectivity index is 3.14. The number of hydrogen-bond donors (Lipinski definition) is 5. The van der Waals surface area contributed by atoms with Crippen LogP contribution >= 0.6 is 12.6 Å². The molecule has 4 N–H and O–H groups in total. The second-order valence-corrected chi connectivity index (χ2v) is 15.6. The average Bonchev–Trinajstić information content (AvgIpc) is 3.07. The summed E-state index contributed by atoms with van der Waals surface area (Å²) in [5.41, 5.74) is 0. The summed E-state index contributed by atoms with van der Waals surface area (Å²) in [5.74, 6) is -6.64. The van der Waals surface area contributed by atoms with Gasteiger partial charge in [-0.1, -0.05) is 93.4 Å². The van der Waals surface area contributed by atoms with Gasteiger partial charge in [-0.05, 0) is 57.3 Å². The molecule has 0 saturated carbocycles. The zero-order valence-corrected chi connectivity index (χ0v) is 34.2. The smallest absolute Gasteiger partial charge is 0.329 e. The lowest BCUT2D eigenvalue weighted by molar-refractivity contribution is -0.166. The van der Waals surface area contributed by atoms with Crippen LogP contribution in [0.4, 0.5) is 0 Å². The number of carbonyl (C=O) groups excluding carboxylic acids is 7. The third-order valence-corrected chi connectivity index (χ3v) is 9.41. The molecule has 15 heteroatoms. The molecule has 1 saturated heterocycles. The van der Waals surface area contributed by atoms with E-state index in [1.807, 2.05) is 0 Å². The fourth-order valence-corrected chi connectivity index (χ4v) is 5.93. The van der Waals surface area contributed by atoms with Gasteiger partial charge in [0.25, 0.3) is 17.7 Å². The third-order valence-electron chi connectivity index (χ3n) is 9.02.